The Morgan fingerprint density at radius 2 is 1.88 bits per heavy atom. The third kappa shape index (κ3) is 4.22. The Morgan fingerprint density at radius 3 is 2.60 bits per heavy atom. The predicted octanol–water partition coefficient (Wildman–Crippen LogP) is 4.33. The lowest BCUT2D eigenvalue weighted by atomic mass is 10.1. The van der Waals surface area contributed by atoms with E-state index in [9.17, 15) is 0 Å². The number of ether oxygens (including phenoxy) is 1. The first-order valence-electron chi connectivity index (χ1n) is 8.00. The molecule has 1 aromatic heterocycles. The third-order valence-corrected chi connectivity index (χ3v) is 4.05. The Kier molecular flexibility index (Phi) is 5.09. The summed E-state index contributed by atoms with van der Waals surface area (Å²) < 4.78 is 7.88. The molecule has 6 heteroatoms. The van der Waals surface area contributed by atoms with Gasteiger partial charge in [0.15, 0.2) is 5.82 Å². The van der Waals surface area contributed by atoms with Crippen LogP contribution in [0.5, 0.6) is 5.75 Å². The molecule has 0 fully saturated rings. The summed E-state index contributed by atoms with van der Waals surface area (Å²) in [7, 11) is 0. The summed E-state index contributed by atoms with van der Waals surface area (Å²) in [5.41, 5.74) is 4.50. The Bertz CT molecular complexity index is 951. The van der Waals surface area contributed by atoms with Gasteiger partial charge in [0.1, 0.15) is 12.4 Å². The van der Waals surface area contributed by atoms with Gasteiger partial charge in [-0.1, -0.05) is 30.3 Å². The molecule has 2 aromatic carbocycles. The molecule has 0 aliphatic heterocycles. The topological polar surface area (TPSA) is 55.2 Å². The van der Waals surface area contributed by atoms with E-state index in [2.05, 4.69) is 21.4 Å². The number of aromatic amines is 1. The van der Waals surface area contributed by atoms with Crippen LogP contribution in [0, 0.1) is 25.5 Å². The Morgan fingerprint density at radius 1 is 1.16 bits per heavy atom. The molecule has 3 rings (SSSR count). The normalized spacial score (nSPS) is 11.2. The van der Waals surface area contributed by atoms with Crippen LogP contribution in [0.4, 0.5) is 0 Å². The van der Waals surface area contributed by atoms with Crippen LogP contribution in [-0.2, 0) is 6.61 Å². The van der Waals surface area contributed by atoms with Crippen molar-refractivity contribution in [2.24, 2.45) is 5.10 Å². The van der Waals surface area contributed by atoms with Crippen LogP contribution in [0.2, 0.25) is 0 Å². The van der Waals surface area contributed by atoms with Gasteiger partial charge in [-0.05, 0) is 67.4 Å². The molecule has 0 saturated heterocycles. The maximum absolute atomic E-state index is 5.86. The zero-order chi connectivity index (χ0) is 17.8. The van der Waals surface area contributed by atoms with Crippen LogP contribution in [0.3, 0.4) is 0 Å². The van der Waals surface area contributed by atoms with E-state index in [-0.39, 0.29) is 6.61 Å². The van der Waals surface area contributed by atoms with Crippen LogP contribution in [0.15, 0.2) is 47.6 Å². The minimum absolute atomic E-state index is 0.279. The van der Waals surface area contributed by atoms with Crippen LogP contribution < -0.4 is 4.74 Å². The first-order chi connectivity index (χ1) is 12.0. The number of nitrogens with zero attached hydrogens (tertiary/aromatic N) is 3. The average molecular weight is 352 g/mol. The highest BCUT2D eigenvalue weighted by atomic mass is 32.1. The highest BCUT2D eigenvalue weighted by Gasteiger charge is 2.07. The molecule has 0 radical (unpaired) electrons. The first-order valence-corrected chi connectivity index (χ1v) is 8.41. The highest BCUT2D eigenvalue weighted by molar-refractivity contribution is 7.71. The second-order valence-electron chi connectivity index (χ2n) is 5.97. The zero-order valence-corrected chi connectivity index (χ0v) is 15.3. The van der Waals surface area contributed by atoms with Crippen molar-refractivity contribution >= 4 is 18.4 Å². The van der Waals surface area contributed by atoms with E-state index < -0.39 is 0 Å². The van der Waals surface area contributed by atoms with Crippen molar-refractivity contribution in [2.45, 2.75) is 27.4 Å². The molecule has 0 unspecified atom stereocenters. The molecule has 128 valence electrons. The summed E-state index contributed by atoms with van der Waals surface area (Å²) in [5.74, 6) is 1.43. The van der Waals surface area contributed by atoms with E-state index >= 15 is 0 Å². The van der Waals surface area contributed by atoms with Crippen molar-refractivity contribution in [3.05, 3.63) is 75.3 Å². The maximum atomic E-state index is 5.86. The van der Waals surface area contributed by atoms with Gasteiger partial charge < -0.3 is 4.74 Å². The van der Waals surface area contributed by atoms with Crippen LogP contribution in [0.25, 0.3) is 0 Å². The van der Waals surface area contributed by atoms with Crippen LogP contribution in [-0.4, -0.2) is 21.1 Å². The number of H-pyrrole nitrogens is 1. The van der Waals surface area contributed by atoms with E-state index in [4.69, 9.17) is 17.0 Å². The molecule has 25 heavy (non-hydrogen) atoms. The summed E-state index contributed by atoms with van der Waals surface area (Å²) >= 11 is 5.27. The van der Waals surface area contributed by atoms with E-state index in [0.717, 1.165) is 28.0 Å². The molecule has 1 heterocycles. The molecule has 1 N–H and O–H groups in total. The fourth-order valence-corrected chi connectivity index (χ4v) is 2.75. The quantitative estimate of drug-likeness (QED) is 0.549. The van der Waals surface area contributed by atoms with Crippen molar-refractivity contribution in [3.63, 3.8) is 0 Å². The minimum atomic E-state index is 0.279. The van der Waals surface area contributed by atoms with Gasteiger partial charge in [-0.3, -0.25) is 0 Å². The highest BCUT2D eigenvalue weighted by Crippen LogP contribution is 2.17. The monoisotopic (exact) mass is 352 g/mol. The summed E-state index contributed by atoms with van der Waals surface area (Å²) in [6.07, 6.45) is 1.78. The Labute approximate surface area is 152 Å². The third-order valence-electron chi connectivity index (χ3n) is 3.78. The molecule has 0 aliphatic rings. The largest absolute Gasteiger partial charge is 0.486 e. The van der Waals surface area contributed by atoms with Gasteiger partial charge in [0.25, 0.3) is 0 Å². The lowest BCUT2D eigenvalue weighted by molar-refractivity contribution is 0.290. The van der Waals surface area contributed by atoms with Gasteiger partial charge >= 0.3 is 0 Å². The Balaban J connectivity index is 1.80. The molecule has 0 aliphatic carbocycles. The molecule has 0 amide bonds. The van der Waals surface area contributed by atoms with Crippen molar-refractivity contribution in [2.75, 3.05) is 0 Å². The molecular weight excluding hydrogens is 332 g/mol. The summed E-state index contributed by atoms with van der Waals surface area (Å²) in [6.45, 7) is 6.41. The van der Waals surface area contributed by atoms with E-state index in [1.807, 2.05) is 57.2 Å². The molecular formula is C19H20N4OS. The first kappa shape index (κ1) is 17.1. The van der Waals surface area contributed by atoms with Crippen molar-refractivity contribution in [1.82, 2.24) is 14.9 Å². The van der Waals surface area contributed by atoms with Crippen molar-refractivity contribution in [3.8, 4) is 5.75 Å². The van der Waals surface area contributed by atoms with Gasteiger partial charge in [0, 0.05) is 0 Å². The minimum Gasteiger partial charge on any atom is -0.486 e. The van der Waals surface area contributed by atoms with Crippen molar-refractivity contribution < 1.29 is 4.74 Å². The average Bonchev–Trinajstić information content (AvgIpc) is 2.91. The fourth-order valence-electron chi connectivity index (χ4n) is 2.55. The molecule has 0 atom stereocenters. The second kappa shape index (κ2) is 7.44. The maximum Gasteiger partial charge on any atom is 0.216 e. The molecule has 0 bridgehead atoms. The van der Waals surface area contributed by atoms with Crippen molar-refractivity contribution in [1.29, 1.82) is 0 Å². The van der Waals surface area contributed by atoms with Crippen LogP contribution in [0.1, 0.15) is 28.1 Å². The van der Waals surface area contributed by atoms with E-state index in [1.165, 1.54) is 0 Å². The number of aryl methyl sites for hydroxylation is 3. The fraction of sp³-hybridized carbons (Fsp3) is 0.211. The standard InChI is InChI=1S/C19H20N4OS/c1-13-8-14(2)10-17(9-13)24-12-18-21-22-19(25)23(18)20-11-16-7-5-4-6-15(16)3/h4-11H,12H2,1-3H3,(H,22,25)/b20-11-. The SMILES string of the molecule is Cc1cc(C)cc(OCc2n[nH]c(=S)n2/N=C\c2ccccc2C)c1. The Hall–Kier alpha value is -2.73. The number of benzene rings is 2. The summed E-state index contributed by atoms with van der Waals surface area (Å²) in [6, 6.07) is 14.1. The van der Waals surface area contributed by atoms with Gasteiger partial charge in [0.05, 0.1) is 6.21 Å². The lowest BCUT2D eigenvalue weighted by Crippen LogP contribution is -2.04. The van der Waals surface area contributed by atoms with Gasteiger partial charge in [-0.15, -0.1) is 0 Å². The smallest absolute Gasteiger partial charge is 0.216 e. The van der Waals surface area contributed by atoms with Gasteiger partial charge in [-0.2, -0.15) is 14.9 Å². The number of hydrogen-bond donors (Lipinski definition) is 1. The van der Waals surface area contributed by atoms with Gasteiger partial charge in [0.2, 0.25) is 4.77 Å². The van der Waals surface area contributed by atoms with Crippen LogP contribution >= 0.6 is 12.2 Å². The molecule has 0 saturated carbocycles. The van der Waals surface area contributed by atoms with E-state index in [1.54, 1.807) is 10.9 Å². The molecule has 5 nitrogen and oxygen atoms in total. The molecule has 0 spiro atoms. The zero-order valence-electron chi connectivity index (χ0n) is 14.5. The van der Waals surface area contributed by atoms with Gasteiger partial charge in [-0.25, -0.2) is 5.10 Å². The number of nitrogens with one attached hydrogen (secondary N) is 1. The second-order valence-corrected chi connectivity index (χ2v) is 6.36. The van der Waals surface area contributed by atoms with E-state index in [0.29, 0.717) is 10.6 Å². The number of rotatable bonds is 5. The molecule has 3 aromatic rings. The predicted molar refractivity (Wildman–Crippen MR) is 102 cm³/mol. The number of hydrogen-bond acceptors (Lipinski definition) is 4. The summed E-state index contributed by atoms with van der Waals surface area (Å²) in [5, 5.41) is 11.4. The number of aromatic nitrogens is 3. The summed E-state index contributed by atoms with van der Waals surface area (Å²) in [4.78, 5) is 0. The lowest BCUT2D eigenvalue weighted by Gasteiger charge is -2.07.